The average Bonchev–Trinajstić information content (AvgIpc) is 2.88. The predicted octanol–water partition coefficient (Wildman–Crippen LogP) is 3.81. The third-order valence-electron chi connectivity index (χ3n) is 3.33. The van der Waals surface area contributed by atoms with Crippen molar-refractivity contribution < 1.29 is 0 Å². The lowest BCUT2D eigenvalue weighted by Crippen LogP contribution is -2.04. The molecule has 0 saturated carbocycles. The number of halogens is 2. The Morgan fingerprint density at radius 3 is 2.76 bits per heavy atom. The molecule has 0 atom stereocenters. The molecule has 3 aromatic rings. The number of rotatable bonds is 2. The molecule has 2 heterocycles. The minimum absolute atomic E-state index is 0.407. The maximum Gasteiger partial charge on any atom is 0.174 e. The van der Waals surface area contributed by atoms with E-state index >= 15 is 0 Å². The fraction of sp³-hybridized carbons (Fsp3) is 0.133. The zero-order valence-corrected chi connectivity index (χ0v) is 12.7. The Morgan fingerprint density at radius 2 is 2.05 bits per heavy atom. The van der Waals surface area contributed by atoms with Crippen molar-refractivity contribution in [3.05, 3.63) is 63.0 Å². The van der Waals surface area contributed by atoms with E-state index in [4.69, 9.17) is 28.5 Å². The molecule has 0 aliphatic rings. The number of nitrogens with zero attached hydrogens (tertiary/aromatic N) is 4. The summed E-state index contributed by atoms with van der Waals surface area (Å²) in [5.74, 6) is 0. The standard InChI is InChI=1S/C15H10Cl2N4/c1-9-12(6-10-4-2-3-5-13(10)16)14(17)21-15(20-9)11(7-18)8-19-21/h2-5,8H,6H2,1H3. The molecule has 4 nitrogen and oxygen atoms in total. The maximum absolute atomic E-state index is 9.04. The molecule has 0 spiro atoms. The Labute approximate surface area is 131 Å². The smallest absolute Gasteiger partial charge is 0.174 e. The second-order valence-corrected chi connectivity index (χ2v) is 5.41. The van der Waals surface area contributed by atoms with Crippen molar-refractivity contribution >= 4 is 28.8 Å². The van der Waals surface area contributed by atoms with Gasteiger partial charge in [0.05, 0.1) is 6.20 Å². The number of hydrogen-bond donors (Lipinski definition) is 0. The summed E-state index contributed by atoms with van der Waals surface area (Å²) in [6.07, 6.45) is 2.03. The van der Waals surface area contributed by atoms with Gasteiger partial charge in [-0.1, -0.05) is 41.4 Å². The van der Waals surface area contributed by atoms with Crippen LogP contribution in [0.4, 0.5) is 0 Å². The van der Waals surface area contributed by atoms with E-state index < -0.39 is 0 Å². The van der Waals surface area contributed by atoms with E-state index in [-0.39, 0.29) is 0 Å². The van der Waals surface area contributed by atoms with Crippen LogP contribution in [-0.4, -0.2) is 14.6 Å². The number of benzene rings is 1. The third-order valence-corrected chi connectivity index (χ3v) is 4.09. The molecule has 21 heavy (non-hydrogen) atoms. The van der Waals surface area contributed by atoms with Crippen molar-refractivity contribution in [2.75, 3.05) is 0 Å². The molecule has 104 valence electrons. The van der Waals surface area contributed by atoms with Gasteiger partial charge in [-0.15, -0.1) is 0 Å². The van der Waals surface area contributed by atoms with Gasteiger partial charge in [0.25, 0.3) is 0 Å². The second kappa shape index (κ2) is 5.36. The SMILES string of the molecule is Cc1nc2c(C#N)cnn2c(Cl)c1Cc1ccccc1Cl. The first-order valence-corrected chi connectivity index (χ1v) is 7.03. The van der Waals surface area contributed by atoms with Crippen molar-refractivity contribution in [3.63, 3.8) is 0 Å². The van der Waals surface area contributed by atoms with E-state index in [2.05, 4.69) is 16.2 Å². The predicted molar refractivity (Wildman–Crippen MR) is 81.7 cm³/mol. The van der Waals surface area contributed by atoms with Gasteiger partial charge in [-0.3, -0.25) is 0 Å². The van der Waals surface area contributed by atoms with Crippen LogP contribution < -0.4 is 0 Å². The lowest BCUT2D eigenvalue weighted by molar-refractivity contribution is 0.902. The van der Waals surface area contributed by atoms with Crippen LogP contribution in [0.25, 0.3) is 5.65 Å². The number of aryl methyl sites for hydroxylation is 1. The van der Waals surface area contributed by atoms with Crippen molar-refractivity contribution in [1.82, 2.24) is 14.6 Å². The van der Waals surface area contributed by atoms with E-state index in [9.17, 15) is 0 Å². The quantitative estimate of drug-likeness (QED) is 0.675. The van der Waals surface area contributed by atoms with Crippen LogP contribution in [0.3, 0.4) is 0 Å². The van der Waals surface area contributed by atoms with Crippen LogP contribution in [-0.2, 0) is 6.42 Å². The normalized spacial score (nSPS) is 10.8. The largest absolute Gasteiger partial charge is 0.232 e. The lowest BCUT2D eigenvalue weighted by atomic mass is 10.1. The molecule has 2 aromatic heterocycles. The summed E-state index contributed by atoms with van der Waals surface area (Å²) < 4.78 is 1.49. The fourth-order valence-electron chi connectivity index (χ4n) is 2.21. The molecule has 0 aliphatic heterocycles. The van der Waals surface area contributed by atoms with Crippen molar-refractivity contribution in [1.29, 1.82) is 5.26 Å². The van der Waals surface area contributed by atoms with E-state index in [0.29, 0.717) is 27.8 Å². The molecular weight excluding hydrogens is 307 g/mol. The highest BCUT2D eigenvalue weighted by molar-refractivity contribution is 6.31. The molecule has 3 rings (SSSR count). The summed E-state index contributed by atoms with van der Waals surface area (Å²) in [6, 6.07) is 9.66. The van der Waals surface area contributed by atoms with Gasteiger partial charge in [0.1, 0.15) is 16.8 Å². The first kappa shape index (κ1) is 13.9. The summed E-state index contributed by atoms with van der Waals surface area (Å²) in [6.45, 7) is 1.87. The number of hydrogen-bond acceptors (Lipinski definition) is 3. The van der Waals surface area contributed by atoms with Crippen LogP contribution in [0.15, 0.2) is 30.5 Å². The monoisotopic (exact) mass is 316 g/mol. The highest BCUT2D eigenvalue weighted by Gasteiger charge is 2.16. The van der Waals surface area contributed by atoms with Crippen LogP contribution in [0.2, 0.25) is 10.2 Å². The molecule has 6 heteroatoms. The second-order valence-electron chi connectivity index (χ2n) is 4.64. The summed E-state index contributed by atoms with van der Waals surface area (Å²) in [7, 11) is 0. The van der Waals surface area contributed by atoms with E-state index in [0.717, 1.165) is 16.8 Å². The number of nitriles is 1. The molecule has 0 fully saturated rings. The molecule has 0 bridgehead atoms. The van der Waals surface area contributed by atoms with E-state index in [1.165, 1.54) is 10.7 Å². The van der Waals surface area contributed by atoms with Gasteiger partial charge in [-0.05, 0) is 18.6 Å². The van der Waals surface area contributed by atoms with E-state index in [1.54, 1.807) is 0 Å². The van der Waals surface area contributed by atoms with Crippen LogP contribution >= 0.6 is 23.2 Å². The van der Waals surface area contributed by atoms with Gasteiger partial charge in [0, 0.05) is 22.7 Å². The summed E-state index contributed by atoms with van der Waals surface area (Å²) in [5, 5.41) is 14.3. The first-order valence-electron chi connectivity index (χ1n) is 6.28. The molecule has 0 radical (unpaired) electrons. The van der Waals surface area contributed by atoms with Gasteiger partial charge in [0.2, 0.25) is 0 Å². The van der Waals surface area contributed by atoms with Gasteiger partial charge in [0.15, 0.2) is 5.65 Å². The number of aromatic nitrogens is 3. The molecule has 0 saturated heterocycles. The molecule has 0 N–H and O–H groups in total. The summed E-state index contributed by atoms with van der Waals surface area (Å²) >= 11 is 12.6. The highest BCUT2D eigenvalue weighted by atomic mass is 35.5. The van der Waals surface area contributed by atoms with Crippen molar-refractivity contribution in [2.45, 2.75) is 13.3 Å². The third kappa shape index (κ3) is 2.35. The van der Waals surface area contributed by atoms with E-state index in [1.807, 2.05) is 31.2 Å². The van der Waals surface area contributed by atoms with Crippen molar-refractivity contribution in [3.8, 4) is 6.07 Å². The van der Waals surface area contributed by atoms with Gasteiger partial charge in [-0.2, -0.15) is 10.4 Å². The maximum atomic E-state index is 9.04. The van der Waals surface area contributed by atoms with Crippen LogP contribution in [0.5, 0.6) is 0 Å². The van der Waals surface area contributed by atoms with Crippen LogP contribution in [0.1, 0.15) is 22.4 Å². The molecule has 0 aliphatic carbocycles. The molecular formula is C15H10Cl2N4. The minimum Gasteiger partial charge on any atom is -0.232 e. The average molecular weight is 317 g/mol. The van der Waals surface area contributed by atoms with Gasteiger partial charge in [-0.25, -0.2) is 9.50 Å². The Kier molecular flexibility index (Phi) is 3.54. The zero-order chi connectivity index (χ0) is 15.0. The summed E-state index contributed by atoms with van der Waals surface area (Å²) in [4.78, 5) is 4.44. The Balaban J connectivity index is 2.16. The Morgan fingerprint density at radius 1 is 1.29 bits per heavy atom. The highest BCUT2D eigenvalue weighted by Crippen LogP contribution is 2.26. The fourth-order valence-corrected chi connectivity index (χ4v) is 2.74. The topological polar surface area (TPSA) is 54.0 Å². The molecule has 0 unspecified atom stereocenters. The zero-order valence-electron chi connectivity index (χ0n) is 11.1. The van der Waals surface area contributed by atoms with Gasteiger partial charge < -0.3 is 0 Å². The van der Waals surface area contributed by atoms with Crippen molar-refractivity contribution in [2.24, 2.45) is 0 Å². The number of fused-ring (bicyclic) bond motifs is 1. The Bertz CT molecular complexity index is 877. The summed E-state index contributed by atoms with van der Waals surface area (Å²) in [5.41, 5.74) is 3.47. The first-order chi connectivity index (χ1) is 10.1. The lowest BCUT2D eigenvalue weighted by Gasteiger charge is -2.10. The molecule has 0 amide bonds. The molecule has 1 aromatic carbocycles. The minimum atomic E-state index is 0.407. The van der Waals surface area contributed by atoms with Crippen LogP contribution in [0, 0.1) is 18.3 Å². The Hall–Kier alpha value is -2.09. The van der Waals surface area contributed by atoms with Gasteiger partial charge >= 0.3 is 0 Å².